The Balaban J connectivity index is 5.24. The number of aliphatic hydroxyl groups is 1. The van der Waals surface area contributed by atoms with Gasteiger partial charge in [0.05, 0.1) is 26.4 Å². The summed E-state index contributed by atoms with van der Waals surface area (Å²) in [6, 6.07) is 0. The van der Waals surface area contributed by atoms with Crippen LogP contribution < -0.4 is 0 Å². The molecule has 3 N–H and O–H groups in total. The molecule has 0 saturated carbocycles. The van der Waals surface area contributed by atoms with Crippen LogP contribution in [-0.4, -0.2) is 96.7 Å². The van der Waals surface area contributed by atoms with Gasteiger partial charge >= 0.3 is 39.5 Å². The Hall–Kier alpha value is -1.94. The minimum atomic E-state index is -4.97. The van der Waals surface area contributed by atoms with Gasteiger partial charge in [-0.15, -0.1) is 0 Å². The van der Waals surface area contributed by atoms with E-state index in [4.69, 9.17) is 37.0 Å². The van der Waals surface area contributed by atoms with Crippen LogP contribution in [0.3, 0.4) is 0 Å². The lowest BCUT2D eigenvalue weighted by Crippen LogP contribution is -2.30. The summed E-state index contributed by atoms with van der Waals surface area (Å²) >= 11 is 0. The van der Waals surface area contributed by atoms with E-state index in [1.54, 1.807) is 0 Å². The lowest BCUT2D eigenvalue weighted by atomic mass is 9.99. The molecule has 0 heterocycles. The van der Waals surface area contributed by atoms with Gasteiger partial charge in [-0.3, -0.25) is 37.3 Å². The molecular formula is C90H176O17P2. The number of phosphoric ester groups is 2. The van der Waals surface area contributed by atoms with Gasteiger partial charge in [-0.25, -0.2) is 9.13 Å². The molecule has 0 aromatic carbocycles. The molecule has 19 heteroatoms. The molecule has 17 nitrogen and oxygen atoms in total. The normalized spacial score (nSPS) is 14.1. The second kappa shape index (κ2) is 79.9. The number of phosphoric acid groups is 2. The molecule has 109 heavy (non-hydrogen) atoms. The van der Waals surface area contributed by atoms with E-state index >= 15 is 0 Å². The highest BCUT2D eigenvalue weighted by Crippen LogP contribution is 2.45. The van der Waals surface area contributed by atoms with Crippen LogP contribution in [0.2, 0.25) is 0 Å². The van der Waals surface area contributed by atoms with Gasteiger partial charge in [-0.2, -0.15) is 0 Å². The summed E-state index contributed by atoms with van der Waals surface area (Å²) in [6.07, 6.45) is 72.3. The third-order valence-corrected chi connectivity index (χ3v) is 23.4. The summed E-state index contributed by atoms with van der Waals surface area (Å²) in [6.45, 7) is 12.1. The first-order valence-electron chi connectivity index (χ1n) is 46.4. The lowest BCUT2D eigenvalue weighted by Gasteiger charge is -2.21. The highest BCUT2D eigenvalue weighted by molar-refractivity contribution is 7.47. The number of esters is 4. The maximum Gasteiger partial charge on any atom is 0.472 e. The molecule has 0 aromatic heterocycles. The van der Waals surface area contributed by atoms with Crippen molar-refractivity contribution in [2.75, 3.05) is 39.6 Å². The highest BCUT2D eigenvalue weighted by atomic mass is 31.2. The fraction of sp³-hybridized carbons (Fsp3) is 0.956. The molecule has 0 radical (unpaired) electrons. The summed E-state index contributed by atoms with van der Waals surface area (Å²) in [5.41, 5.74) is 0. The van der Waals surface area contributed by atoms with Gasteiger partial charge in [0.25, 0.3) is 0 Å². The van der Waals surface area contributed by atoms with Gasteiger partial charge in [0.15, 0.2) is 12.2 Å². The van der Waals surface area contributed by atoms with Crippen LogP contribution in [0.1, 0.15) is 479 Å². The molecule has 0 aliphatic rings. The zero-order valence-corrected chi connectivity index (χ0v) is 73.8. The first kappa shape index (κ1) is 107. The Morgan fingerprint density at radius 1 is 0.266 bits per heavy atom. The van der Waals surface area contributed by atoms with Crippen molar-refractivity contribution in [3.8, 4) is 0 Å². The van der Waals surface area contributed by atoms with Gasteiger partial charge in [0.2, 0.25) is 0 Å². The molecule has 3 unspecified atom stereocenters. The van der Waals surface area contributed by atoms with Crippen molar-refractivity contribution in [3.63, 3.8) is 0 Å². The van der Waals surface area contributed by atoms with Crippen molar-refractivity contribution in [3.05, 3.63) is 0 Å². The van der Waals surface area contributed by atoms with Crippen LogP contribution in [0, 0.1) is 17.8 Å². The molecule has 0 fully saturated rings. The van der Waals surface area contributed by atoms with Gasteiger partial charge in [-0.1, -0.05) is 427 Å². The highest BCUT2D eigenvalue weighted by Gasteiger charge is 2.31. The van der Waals surface area contributed by atoms with E-state index in [0.717, 1.165) is 108 Å². The summed E-state index contributed by atoms with van der Waals surface area (Å²) in [5.74, 6) is 0.291. The second-order valence-corrected chi connectivity index (χ2v) is 36.4. The van der Waals surface area contributed by atoms with Crippen molar-refractivity contribution >= 4 is 39.5 Å². The van der Waals surface area contributed by atoms with E-state index in [-0.39, 0.29) is 25.7 Å². The van der Waals surface area contributed by atoms with Gasteiger partial charge in [0, 0.05) is 25.7 Å². The van der Waals surface area contributed by atoms with E-state index in [1.807, 2.05) is 0 Å². The van der Waals surface area contributed by atoms with Crippen molar-refractivity contribution in [1.82, 2.24) is 0 Å². The molecule has 0 amide bonds. The summed E-state index contributed by atoms with van der Waals surface area (Å²) in [7, 11) is -9.94. The van der Waals surface area contributed by atoms with E-state index in [9.17, 15) is 43.2 Å². The largest absolute Gasteiger partial charge is 0.472 e. The molecule has 0 rings (SSSR count). The van der Waals surface area contributed by atoms with Gasteiger partial charge in [0.1, 0.15) is 19.3 Å². The van der Waals surface area contributed by atoms with Crippen molar-refractivity contribution < 1.29 is 80.2 Å². The predicted octanol–water partition coefficient (Wildman–Crippen LogP) is 27.6. The zero-order chi connectivity index (χ0) is 80.0. The molecule has 0 spiro atoms. The van der Waals surface area contributed by atoms with Crippen LogP contribution >= 0.6 is 15.6 Å². The minimum absolute atomic E-state index is 0.107. The van der Waals surface area contributed by atoms with Crippen LogP contribution in [0.4, 0.5) is 0 Å². The number of ether oxygens (including phenoxy) is 4. The summed E-state index contributed by atoms with van der Waals surface area (Å²) in [4.78, 5) is 73.4. The standard InChI is InChI=1S/C90H176O17P2/c1-8-10-11-12-13-14-15-16-17-18-19-20-24-27-30-36-43-50-57-64-71-87(92)100-77-85(106-89(94)73-66-59-52-44-37-31-28-25-22-21-23-26-29-35-42-49-56-63-70-83(7)9-2)79-104-108(96,97)102-75-84(91)76-103-109(98,99)105-80-86(78-101-88(93)72-65-58-51-46-39-41-48-55-62-69-82(5)6)107-90(95)74-67-60-53-45-38-33-32-34-40-47-54-61-68-81(3)4/h81-86,91H,8-80H2,1-7H3,(H,96,97)(H,98,99)/t83?,84-,85-,86-/m1/s1. The zero-order valence-electron chi connectivity index (χ0n) is 72.0. The summed E-state index contributed by atoms with van der Waals surface area (Å²) in [5, 5.41) is 10.7. The Morgan fingerprint density at radius 2 is 0.468 bits per heavy atom. The molecule has 0 bridgehead atoms. The number of hydrogen-bond acceptors (Lipinski definition) is 15. The first-order chi connectivity index (χ1) is 52.8. The number of rotatable bonds is 88. The maximum atomic E-state index is 13.2. The first-order valence-corrected chi connectivity index (χ1v) is 49.4. The van der Waals surface area contributed by atoms with E-state index < -0.39 is 97.5 Å². The number of carbonyl (C=O) groups is 4. The monoisotopic (exact) mass is 1590 g/mol. The minimum Gasteiger partial charge on any atom is -0.462 e. The number of hydrogen-bond donors (Lipinski definition) is 3. The molecule has 0 aromatic rings. The average Bonchev–Trinajstić information content (AvgIpc) is 0.898. The van der Waals surface area contributed by atoms with E-state index in [2.05, 4.69) is 48.5 Å². The Kier molecular flexibility index (Phi) is 78.5. The smallest absolute Gasteiger partial charge is 0.462 e. The fourth-order valence-corrected chi connectivity index (χ4v) is 15.6. The van der Waals surface area contributed by atoms with Crippen molar-refractivity contribution in [2.24, 2.45) is 17.8 Å². The average molecular weight is 1590 g/mol. The SMILES string of the molecule is CCCCCCCCCCCCCCCCCCCCCCC(=O)OC[C@H](COP(=O)(O)OC[C@@H](O)COP(=O)(O)OC[C@@H](COC(=O)CCCCCCCCCCCC(C)C)OC(=O)CCCCCCCCCCCCCCC(C)C)OC(=O)CCCCCCCCCCCCCCCCCCCCC(C)CC. The molecule has 648 valence electrons. The number of carbonyl (C=O) groups excluding carboxylic acids is 4. The maximum absolute atomic E-state index is 13.2. The third-order valence-electron chi connectivity index (χ3n) is 21.5. The Bertz CT molecular complexity index is 2100. The van der Waals surface area contributed by atoms with Crippen molar-refractivity contribution in [1.29, 1.82) is 0 Å². The quantitative estimate of drug-likeness (QED) is 0.0222. The van der Waals surface area contributed by atoms with E-state index in [0.29, 0.717) is 25.7 Å². The molecule has 0 aliphatic carbocycles. The Labute approximate surface area is 670 Å². The van der Waals surface area contributed by atoms with E-state index in [1.165, 1.54) is 289 Å². The molecule has 6 atom stereocenters. The predicted molar refractivity (Wildman–Crippen MR) is 451 cm³/mol. The summed E-state index contributed by atoms with van der Waals surface area (Å²) < 4.78 is 69.0. The number of unbranched alkanes of at least 4 members (excludes halogenated alkanes) is 55. The van der Waals surface area contributed by atoms with Crippen LogP contribution in [0.5, 0.6) is 0 Å². The van der Waals surface area contributed by atoms with Crippen LogP contribution in [-0.2, 0) is 65.4 Å². The number of aliphatic hydroxyl groups excluding tert-OH is 1. The molecular weight excluding hydrogens is 1410 g/mol. The molecule has 0 saturated heterocycles. The van der Waals surface area contributed by atoms with Crippen LogP contribution in [0.25, 0.3) is 0 Å². The molecule has 0 aliphatic heterocycles. The fourth-order valence-electron chi connectivity index (χ4n) is 14.0. The topological polar surface area (TPSA) is 237 Å². The van der Waals surface area contributed by atoms with Crippen molar-refractivity contribution in [2.45, 2.75) is 497 Å². The third kappa shape index (κ3) is 82.4. The van der Waals surface area contributed by atoms with Gasteiger partial charge in [-0.05, 0) is 43.4 Å². The van der Waals surface area contributed by atoms with Gasteiger partial charge < -0.3 is 33.8 Å². The van der Waals surface area contributed by atoms with Crippen LogP contribution in [0.15, 0.2) is 0 Å². The second-order valence-electron chi connectivity index (χ2n) is 33.5. The lowest BCUT2D eigenvalue weighted by molar-refractivity contribution is -0.161. The Morgan fingerprint density at radius 3 is 0.697 bits per heavy atom.